The van der Waals surface area contributed by atoms with Crippen LogP contribution in [0.4, 0.5) is 0 Å². The minimum Gasteiger partial charge on any atom is -0.481 e. The fourth-order valence-electron chi connectivity index (χ4n) is 2.20. The van der Waals surface area contributed by atoms with Crippen LogP contribution >= 0.6 is 0 Å². The van der Waals surface area contributed by atoms with Crippen molar-refractivity contribution in [3.8, 4) is 0 Å². The van der Waals surface area contributed by atoms with E-state index in [0.717, 1.165) is 25.1 Å². The lowest BCUT2D eigenvalue weighted by atomic mass is 9.81. The number of benzene rings is 1. The number of carboxylic acid groups (broad SMARTS) is 1. The van der Waals surface area contributed by atoms with E-state index in [9.17, 15) is 4.79 Å². The number of hydrogen-bond acceptors (Lipinski definition) is 2. The van der Waals surface area contributed by atoms with Crippen molar-refractivity contribution in [1.29, 1.82) is 0 Å². The number of carboxylic acids is 1. The molecule has 0 aromatic heterocycles. The second-order valence-electron chi connectivity index (χ2n) is 3.95. The van der Waals surface area contributed by atoms with Crippen molar-refractivity contribution < 1.29 is 9.90 Å². The van der Waals surface area contributed by atoms with Gasteiger partial charge in [-0.05, 0) is 18.5 Å². The van der Waals surface area contributed by atoms with Crippen molar-refractivity contribution >= 4 is 5.97 Å². The molecule has 1 fully saturated rings. The number of nitrogens with one attached hydrogen (secondary N) is 1. The van der Waals surface area contributed by atoms with Gasteiger partial charge in [-0.3, -0.25) is 4.79 Å². The SMILES string of the molecule is O=C(O)[C@@H]1CCNC[C@@H]1c1ccccc1. The van der Waals surface area contributed by atoms with Crippen LogP contribution in [-0.4, -0.2) is 24.2 Å². The standard InChI is InChI=1S/C12H15NO2/c14-12(15)10-6-7-13-8-11(10)9-4-2-1-3-5-9/h1-5,10-11,13H,6-8H2,(H,14,15)/t10-,11-/m1/s1. The quantitative estimate of drug-likeness (QED) is 0.768. The molecule has 1 heterocycles. The normalized spacial score (nSPS) is 26.1. The summed E-state index contributed by atoms with van der Waals surface area (Å²) in [4.78, 5) is 11.1. The van der Waals surface area contributed by atoms with Crippen molar-refractivity contribution in [1.82, 2.24) is 5.32 Å². The summed E-state index contributed by atoms with van der Waals surface area (Å²) in [5.41, 5.74) is 1.12. The van der Waals surface area contributed by atoms with Crippen LogP contribution in [0.5, 0.6) is 0 Å². The average molecular weight is 205 g/mol. The molecular weight excluding hydrogens is 190 g/mol. The van der Waals surface area contributed by atoms with Crippen LogP contribution in [0.2, 0.25) is 0 Å². The summed E-state index contributed by atoms with van der Waals surface area (Å²) in [6, 6.07) is 9.89. The lowest BCUT2D eigenvalue weighted by Gasteiger charge is -2.29. The van der Waals surface area contributed by atoms with Gasteiger partial charge in [-0.1, -0.05) is 30.3 Å². The minimum atomic E-state index is -0.676. The third-order valence-electron chi connectivity index (χ3n) is 3.03. The van der Waals surface area contributed by atoms with Crippen LogP contribution in [0.1, 0.15) is 17.9 Å². The Morgan fingerprint density at radius 2 is 2.07 bits per heavy atom. The topological polar surface area (TPSA) is 49.3 Å². The van der Waals surface area contributed by atoms with Crippen LogP contribution < -0.4 is 5.32 Å². The molecule has 0 saturated carbocycles. The molecule has 15 heavy (non-hydrogen) atoms. The number of aliphatic carboxylic acids is 1. The maximum Gasteiger partial charge on any atom is 0.307 e. The van der Waals surface area contributed by atoms with Crippen molar-refractivity contribution in [2.24, 2.45) is 5.92 Å². The molecule has 0 bridgehead atoms. The van der Waals surface area contributed by atoms with Gasteiger partial charge in [-0.15, -0.1) is 0 Å². The minimum absolute atomic E-state index is 0.109. The third-order valence-corrected chi connectivity index (χ3v) is 3.03. The molecule has 0 radical (unpaired) electrons. The second kappa shape index (κ2) is 4.45. The van der Waals surface area contributed by atoms with E-state index in [-0.39, 0.29) is 11.8 Å². The first-order chi connectivity index (χ1) is 7.29. The van der Waals surface area contributed by atoms with Gasteiger partial charge in [0.05, 0.1) is 5.92 Å². The van der Waals surface area contributed by atoms with Gasteiger partial charge in [0.15, 0.2) is 0 Å². The van der Waals surface area contributed by atoms with Gasteiger partial charge in [0.1, 0.15) is 0 Å². The highest BCUT2D eigenvalue weighted by Crippen LogP contribution is 2.29. The Labute approximate surface area is 89.1 Å². The van der Waals surface area contributed by atoms with Crippen LogP contribution in [0.3, 0.4) is 0 Å². The Kier molecular flexibility index (Phi) is 3.02. The van der Waals surface area contributed by atoms with Crippen molar-refractivity contribution in [3.05, 3.63) is 35.9 Å². The first-order valence-electron chi connectivity index (χ1n) is 5.27. The fraction of sp³-hybridized carbons (Fsp3) is 0.417. The van der Waals surface area contributed by atoms with E-state index in [2.05, 4.69) is 5.32 Å². The van der Waals surface area contributed by atoms with Crippen LogP contribution in [-0.2, 0) is 4.79 Å². The van der Waals surface area contributed by atoms with E-state index in [1.807, 2.05) is 30.3 Å². The van der Waals surface area contributed by atoms with E-state index < -0.39 is 5.97 Å². The molecule has 80 valence electrons. The highest BCUT2D eigenvalue weighted by Gasteiger charge is 2.31. The van der Waals surface area contributed by atoms with Gasteiger partial charge in [-0.25, -0.2) is 0 Å². The number of piperidine rings is 1. The molecule has 1 aromatic carbocycles. The molecule has 0 amide bonds. The fourth-order valence-corrected chi connectivity index (χ4v) is 2.20. The van der Waals surface area contributed by atoms with Crippen molar-refractivity contribution in [2.75, 3.05) is 13.1 Å². The number of hydrogen-bond donors (Lipinski definition) is 2. The Morgan fingerprint density at radius 3 is 2.73 bits per heavy atom. The molecule has 2 atom stereocenters. The molecule has 1 aliphatic rings. The molecule has 2 N–H and O–H groups in total. The van der Waals surface area contributed by atoms with Crippen LogP contribution in [0, 0.1) is 5.92 Å². The monoisotopic (exact) mass is 205 g/mol. The molecule has 2 rings (SSSR count). The Balaban J connectivity index is 2.22. The summed E-state index contributed by atoms with van der Waals surface area (Å²) < 4.78 is 0. The van der Waals surface area contributed by atoms with Gasteiger partial charge in [-0.2, -0.15) is 0 Å². The first-order valence-corrected chi connectivity index (χ1v) is 5.27. The summed E-state index contributed by atoms with van der Waals surface area (Å²) in [7, 11) is 0. The van der Waals surface area contributed by atoms with E-state index in [4.69, 9.17) is 5.11 Å². The van der Waals surface area contributed by atoms with Gasteiger partial charge in [0.2, 0.25) is 0 Å². The van der Waals surface area contributed by atoms with Gasteiger partial charge in [0.25, 0.3) is 0 Å². The average Bonchev–Trinajstić information content (AvgIpc) is 2.30. The van der Waals surface area contributed by atoms with Crippen LogP contribution in [0.25, 0.3) is 0 Å². The first kappa shape index (κ1) is 10.2. The molecule has 3 nitrogen and oxygen atoms in total. The summed E-state index contributed by atoms with van der Waals surface area (Å²) in [6.45, 7) is 1.57. The zero-order valence-corrected chi connectivity index (χ0v) is 8.52. The molecule has 0 unspecified atom stereocenters. The highest BCUT2D eigenvalue weighted by atomic mass is 16.4. The molecular formula is C12H15NO2. The molecule has 1 saturated heterocycles. The number of carbonyl (C=O) groups is 1. The Morgan fingerprint density at radius 1 is 1.33 bits per heavy atom. The lowest BCUT2D eigenvalue weighted by molar-refractivity contribution is -0.143. The highest BCUT2D eigenvalue weighted by molar-refractivity contribution is 5.71. The smallest absolute Gasteiger partial charge is 0.307 e. The Bertz CT molecular complexity index is 337. The van der Waals surface area contributed by atoms with Gasteiger partial charge >= 0.3 is 5.97 Å². The Hall–Kier alpha value is -1.35. The predicted molar refractivity (Wildman–Crippen MR) is 57.8 cm³/mol. The number of rotatable bonds is 2. The molecule has 0 aliphatic carbocycles. The molecule has 1 aromatic rings. The largest absolute Gasteiger partial charge is 0.481 e. The second-order valence-corrected chi connectivity index (χ2v) is 3.95. The summed E-state index contributed by atoms with van der Waals surface area (Å²) in [6.07, 6.45) is 0.717. The summed E-state index contributed by atoms with van der Waals surface area (Å²) in [5.74, 6) is -0.809. The van der Waals surface area contributed by atoms with Gasteiger partial charge < -0.3 is 10.4 Å². The summed E-state index contributed by atoms with van der Waals surface area (Å²) in [5, 5.41) is 12.4. The maximum atomic E-state index is 11.1. The molecule has 0 spiro atoms. The van der Waals surface area contributed by atoms with Gasteiger partial charge in [0, 0.05) is 12.5 Å². The van der Waals surface area contributed by atoms with E-state index in [0.29, 0.717) is 0 Å². The van der Waals surface area contributed by atoms with E-state index >= 15 is 0 Å². The van der Waals surface area contributed by atoms with Crippen LogP contribution in [0.15, 0.2) is 30.3 Å². The summed E-state index contributed by atoms with van der Waals surface area (Å²) >= 11 is 0. The molecule has 3 heteroatoms. The lowest BCUT2D eigenvalue weighted by Crippen LogP contribution is -2.38. The molecule has 1 aliphatic heterocycles. The predicted octanol–water partition coefficient (Wildman–Crippen LogP) is 1.46. The van der Waals surface area contributed by atoms with E-state index in [1.165, 1.54) is 0 Å². The zero-order valence-electron chi connectivity index (χ0n) is 8.52. The zero-order chi connectivity index (χ0) is 10.7. The van der Waals surface area contributed by atoms with E-state index in [1.54, 1.807) is 0 Å². The van der Waals surface area contributed by atoms with Crippen molar-refractivity contribution in [2.45, 2.75) is 12.3 Å². The third kappa shape index (κ3) is 2.18. The van der Waals surface area contributed by atoms with Crippen molar-refractivity contribution in [3.63, 3.8) is 0 Å². The maximum absolute atomic E-state index is 11.1.